The third-order valence-corrected chi connectivity index (χ3v) is 5.60. The maximum Gasteiger partial charge on any atom is 0.0784 e. The van der Waals surface area contributed by atoms with Crippen LogP contribution in [0.1, 0.15) is 34.1 Å². The molecule has 1 heterocycles. The van der Waals surface area contributed by atoms with Crippen LogP contribution in [0.2, 0.25) is 0 Å². The SMILES string of the molecule is CC1SCCN(CCC(C)(C)C(N)=S)C1C. The summed E-state index contributed by atoms with van der Waals surface area (Å²) < 4.78 is 0. The van der Waals surface area contributed by atoms with Gasteiger partial charge in [0.1, 0.15) is 0 Å². The Morgan fingerprint density at radius 2 is 2.12 bits per heavy atom. The average molecular weight is 260 g/mol. The molecule has 1 saturated heterocycles. The maximum absolute atomic E-state index is 5.76. The molecule has 1 aliphatic rings. The van der Waals surface area contributed by atoms with Crippen LogP contribution in [0.3, 0.4) is 0 Å². The summed E-state index contributed by atoms with van der Waals surface area (Å²) in [6.45, 7) is 11.2. The van der Waals surface area contributed by atoms with Gasteiger partial charge in [-0.2, -0.15) is 11.8 Å². The van der Waals surface area contributed by atoms with Crippen molar-refractivity contribution in [2.75, 3.05) is 18.8 Å². The number of nitrogens with zero attached hydrogens (tertiary/aromatic N) is 1. The minimum absolute atomic E-state index is 0.0110. The first-order valence-corrected chi connectivity index (χ1v) is 7.46. The molecule has 4 heteroatoms. The van der Waals surface area contributed by atoms with Crippen molar-refractivity contribution < 1.29 is 0 Å². The van der Waals surface area contributed by atoms with Gasteiger partial charge in [-0.1, -0.05) is 33.0 Å². The normalized spacial score (nSPS) is 28.0. The molecule has 0 radical (unpaired) electrons. The second-order valence-corrected chi connectivity index (χ2v) is 7.28. The zero-order chi connectivity index (χ0) is 12.3. The topological polar surface area (TPSA) is 29.3 Å². The van der Waals surface area contributed by atoms with Crippen LogP contribution in [0.15, 0.2) is 0 Å². The van der Waals surface area contributed by atoms with Crippen LogP contribution in [0.4, 0.5) is 0 Å². The lowest BCUT2D eigenvalue weighted by Crippen LogP contribution is -2.46. The number of thiocarbonyl (C=S) groups is 1. The largest absolute Gasteiger partial charge is 0.393 e. The summed E-state index contributed by atoms with van der Waals surface area (Å²) in [5, 5.41) is 0.738. The van der Waals surface area contributed by atoms with Crippen LogP contribution in [-0.4, -0.2) is 40.0 Å². The smallest absolute Gasteiger partial charge is 0.0784 e. The van der Waals surface area contributed by atoms with E-state index >= 15 is 0 Å². The first-order chi connectivity index (χ1) is 7.34. The highest BCUT2D eigenvalue weighted by Crippen LogP contribution is 2.27. The zero-order valence-corrected chi connectivity index (χ0v) is 12.5. The molecule has 1 fully saturated rings. The third-order valence-electron chi connectivity index (χ3n) is 3.71. The number of nitrogens with two attached hydrogens (primary N) is 1. The summed E-state index contributed by atoms with van der Waals surface area (Å²) in [4.78, 5) is 3.21. The standard InChI is InChI=1S/C12H24N2S2/c1-9-10(2)16-8-7-14(9)6-5-12(3,4)11(13)15/h9-10H,5-8H2,1-4H3,(H2,13,15). The number of hydrogen-bond donors (Lipinski definition) is 1. The second-order valence-electron chi connectivity index (χ2n) is 5.35. The molecule has 0 aromatic heterocycles. The van der Waals surface area contributed by atoms with Crippen LogP contribution in [0.25, 0.3) is 0 Å². The second kappa shape index (κ2) is 5.69. The molecule has 2 atom stereocenters. The number of thioether (sulfide) groups is 1. The lowest BCUT2D eigenvalue weighted by Gasteiger charge is -2.39. The lowest BCUT2D eigenvalue weighted by atomic mass is 9.89. The lowest BCUT2D eigenvalue weighted by molar-refractivity contribution is 0.194. The zero-order valence-electron chi connectivity index (χ0n) is 10.8. The number of rotatable bonds is 4. The minimum Gasteiger partial charge on any atom is -0.393 e. The molecule has 1 aliphatic heterocycles. The van der Waals surface area contributed by atoms with Gasteiger partial charge in [0.2, 0.25) is 0 Å². The van der Waals surface area contributed by atoms with Crippen molar-refractivity contribution in [1.82, 2.24) is 4.90 Å². The summed E-state index contributed by atoms with van der Waals surface area (Å²) in [5.41, 5.74) is 5.75. The monoisotopic (exact) mass is 260 g/mol. The molecule has 0 spiro atoms. The van der Waals surface area contributed by atoms with E-state index in [-0.39, 0.29) is 5.41 Å². The fourth-order valence-electron chi connectivity index (χ4n) is 1.86. The van der Waals surface area contributed by atoms with Crippen molar-refractivity contribution in [2.45, 2.75) is 45.4 Å². The first-order valence-electron chi connectivity index (χ1n) is 6.00. The van der Waals surface area contributed by atoms with Gasteiger partial charge in [0, 0.05) is 29.0 Å². The minimum atomic E-state index is -0.0110. The van der Waals surface area contributed by atoms with Crippen LogP contribution in [0.5, 0.6) is 0 Å². The maximum atomic E-state index is 5.76. The Hall–Kier alpha value is 0.200. The van der Waals surface area contributed by atoms with E-state index in [1.54, 1.807) is 0 Å². The quantitative estimate of drug-likeness (QED) is 0.787. The molecule has 0 amide bonds. The van der Waals surface area contributed by atoms with Crippen LogP contribution in [-0.2, 0) is 0 Å². The van der Waals surface area contributed by atoms with E-state index in [4.69, 9.17) is 18.0 Å². The van der Waals surface area contributed by atoms with Crippen molar-refractivity contribution >= 4 is 29.0 Å². The highest BCUT2D eigenvalue weighted by atomic mass is 32.2. The fraction of sp³-hybridized carbons (Fsp3) is 0.917. The van der Waals surface area contributed by atoms with Gasteiger partial charge in [-0.05, 0) is 19.9 Å². The van der Waals surface area contributed by atoms with Crippen molar-refractivity contribution in [3.63, 3.8) is 0 Å². The van der Waals surface area contributed by atoms with E-state index in [1.807, 2.05) is 0 Å². The Morgan fingerprint density at radius 3 is 2.69 bits per heavy atom. The molecule has 2 unspecified atom stereocenters. The van der Waals surface area contributed by atoms with E-state index in [1.165, 1.54) is 12.3 Å². The molecular formula is C12H24N2S2. The molecule has 16 heavy (non-hydrogen) atoms. The van der Waals surface area contributed by atoms with E-state index in [0.717, 1.165) is 18.2 Å². The predicted molar refractivity (Wildman–Crippen MR) is 78.1 cm³/mol. The van der Waals surface area contributed by atoms with Gasteiger partial charge in [-0.15, -0.1) is 0 Å². The highest BCUT2D eigenvalue weighted by molar-refractivity contribution is 8.00. The third kappa shape index (κ3) is 3.60. The predicted octanol–water partition coefficient (Wildman–Crippen LogP) is 2.51. The number of hydrogen-bond acceptors (Lipinski definition) is 3. The molecule has 0 aromatic carbocycles. The van der Waals surface area contributed by atoms with E-state index in [9.17, 15) is 0 Å². The molecule has 94 valence electrons. The van der Waals surface area contributed by atoms with E-state index in [0.29, 0.717) is 11.0 Å². The summed E-state index contributed by atoms with van der Waals surface area (Å²) in [6, 6.07) is 0.667. The van der Waals surface area contributed by atoms with Crippen molar-refractivity contribution in [1.29, 1.82) is 0 Å². The van der Waals surface area contributed by atoms with Crippen molar-refractivity contribution in [2.24, 2.45) is 11.1 Å². The molecule has 2 nitrogen and oxygen atoms in total. The summed E-state index contributed by atoms with van der Waals surface area (Å²) in [7, 11) is 0. The summed E-state index contributed by atoms with van der Waals surface area (Å²) in [5.74, 6) is 1.25. The summed E-state index contributed by atoms with van der Waals surface area (Å²) >= 11 is 7.18. The van der Waals surface area contributed by atoms with Crippen molar-refractivity contribution in [3.05, 3.63) is 0 Å². The van der Waals surface area contributed by atoms with Crippen LogP contribution >= 0.6 is 24.0 Å². The van der Waals surface area contributed by atoms with Gasteiger partial charge >= 0.3 is 0 Å². The highest BCUT2D eigenvalue weighted by Gasteiger charge is 2.28. The van der Waals surface area contributed by atoms with Crippen LogP contribution in [0, 0.1) is 5.41 Å². The Morgan fingerprint density at radius 1 is 1.50 bits per heavy atom. The molecule has 2 N–H and O–H groups in total. The van der Waals surface area contributed by atoms with Gasteiger partial charge in [0.05, 0.1) is 4.99 Å². The van der Waals surface area contributed by atoms with E-state index in [2.05, 4.69) is 44.4 Å². The van der Waals surface area contributed by atoms with Crippen LogP contribution < -0.4 is 5.73 Å². The molecule has 0 saturated carbocycles. The van der Waals surface area contributed by atoms with Gasteiger partial charge < -0.3 is 5.73 Å². The van der Waals surface area contributed by atoms with Gasteiger partial charge in [-0.25, -0.2) is 0 Å². The van der Waals surface area contributed by atoms with Gasteiger partial charge in [0.25, 0.3) is 0 Å². The molecule has 0 aliphatic carbocycles. The average Bonchev–Trinajstić information content (AvgIpc) is 2.20. The molecule has 1 rings (SSSR count). The Kier molecular flexibility index (Phi) is 5.08. The summed E-state index contributed by atoms with van der Waals surface area (Å²) in [6.07, 6.45) is 1.06. The first kappa shape index (κ1) is 14.3. The fourth-order valence-corrected chi connectivity index (χ4v) is 3.12. The Balaban J connectivity index is 2.45. The van der Waals surface area contributed by atoms with Gasteiger partial charge in [-0.3, -0.25) is 4.90 Å². The Labute approximate surface area is 109 Å². The van der Waals surface area contributed by atoms with Gasteiger partial charge in [0.15, 0.2) is 0 Å². The Bertz CT molecular complexity index is 253. The van der Waals surface area contributed by atoms with E-state index < -0.39 is 0 Å². The van der Waals surface area contributed by atoms with Crippen molar-refractivity contribution in [3.8, 4) is 0 Å². The molecule has 0 bridgehead atoms. The molecule has 0 aromatic rings. The molecular weight excluding hydrogens is 236 g/mol.